The minimum atomic E-state index is -4.14. The van der Waals surface area contributed by atoms with E-state index >= 15 is 0 Å². The van der Waals surface area contributed by atoms with Crippen molar-refractivity contribution < 1.29 is 17.3 Å². The Morgan fingerprint density at radius 3 is 2.48 bits per heavy atom. The third-order valence-electron chi connectivity index (χ3n) is 4.60. The van der Waals surface area contributed by atoms with Crippen LogP contribution in [-0.4, -0.2) is 18.6 Å². The highest BCUT2D eigenvalue weighted by molar-refractivity contribution is 7.89. The van der Waals surface area contributed by atoms with Gasteiger partial charge in [-0.25, -0.2) is 22.9 Å². The number of thiazole rings is 1. The molecule has 0 amide bonds. The van der Waals surface area contributed by atoms with Crippen LogP contribution in [0.5, 0.6) is 0 Å². The summed E-state index contributed by atoms with van der Waals surface area (Å²) in [5.41, 5.74) is 7.08. The molecule has 0 spiro atoms. The van der Waals surface area contributed by atoms with E-state index in [1.807, 2.05) is 30.5 Å². The molecule has 2 heterocycles. The van der Waals surface area contributed by atoms with Gasteiger partial charge < -0.3 is 4.52 Å². The molecule has 4 rings (SSSR count). The minimum Gasteiger partial charge on any atom is -0.360 e. The van der Waals surface area contributed by atoms with Crippen LogP contribution in [0, 0.1) is 19.7 Å². The van der Waals surface area contributed by atoms with Crippen LogP contribution in [0.1, 0.15) is 11.3 Å². The van der Waals surface area contributed by atoms with Crippen LogP contribution in [-0.2, 0) is 10.0 Å². The highest BCUT2D eigenvalue weighted by atomic mass is 32.2. The Kier molecular flexibility index (Phi) is 4.81. The second-order valence-electron chi connectivity index (χ2n) is 6.56. The van der Waals surface area contributed by atoms with E-state index in [9.17, 15) is 12.8 Å². The maximum absolute atomic E-state index is 14.4. The van der Waals surface area contributed by atoms with Gasteiger partial charge in [0.1, 0.15) is 22.2 Å². The molecule has 2 aromatic heterocycles. The zero-order valence-electron chi connectivity index (χ0n) is 15.5. The SMILES string of the molecule is Cc1cc(-c2noc(C)c2-c2ccc(S(N)(=O)=O)c(F)c2)ccc1-c1cscn1. The summed E-state index contributed by atoms with van der Waals surface area (Å²) in [5.74, 6) is -0.435. The summed E-state index contributed by atoms with van der Waals surface area (Å²) < 4.78 is 42.7. The summed E-state index contributed by atoms with van der Waals surface area (Å²) in [4.78, 5) is 3.78. The van der Waals surface area contributed by atoms with Crippen molar-refractivity contribution in [3.8, 4) is 33.6 Å². The number of benzene rings is 2. The number of halogens is 1. The number of aromatic nitrogens is 2. The van der Waals surface area contributed by atoms with E-state index in [2.05, 4.69) is 10.1 Å². The monoisotopic (exact) mass is 429 g/mol. The fourth-order valence-electron chi connectivity index (χ4n) is 3.24. The zero-order valence-corrected chi connectivity index (χ0v) is 17.1. The number of hydrogen-bond donors (Lipinski definition) is 1. The molecule has 0 aliphatic rings. The molecule has 9 heteroatoms. The molecule has 0 saturated heterocycles. The summed E-state index contributed by atoms with van der Waals surface area (Å²) in [6.07, 6.45) is 0. The van der Waals surface area contributed by atoms with Crippen LogP contribution in [0.2, 0.25) is 0 Å². The first-order chi connectivity index (χ1) is 13.8. The van der Waals surface area contributed by atoms with Gasteiger partial charge >= 0.3 is 0 Å². The van der Waals surface area contributed by atoms with E-state index in [4.69, 9.17) is 9.66 Å². The second kappa shape index (κ2) is 7.18. The van der Waals surface area contributed by atoms with Gasteiger partial charge in [-0.15, -0.1) is 11.3 Å². The van der Waals surface area contributed by atoms with E-state index < -0.39 is 20.7 Å². The van der Waals surface area contributed by atoms with Crippen LogP contribution in [0.3, 0.4) is 0 Å². The van der Waals surface area contributed by atoms with E-state index in [1.54, 1.807) is 12.4 Å². The molecular weight excluding hydrogens is 413 g/mol. The molecule has 148 valence electrons. The Labute approximate surface area is 170 Å². The standard InChI is InChI=1S/C20H16FN3O3S2/c1-11-7-14(3-5-15(11)17-9-28-10-23-17)20-19(12(2)27-24-20)13-4-6-18(16(21)8-13)29(22,25)26/h3-10H,1-2H3,(H2,22,25,26). The van der Waals surface area contributed by atoms with Crippen LogP contribution < -0.4 is 5.14 Å². The van der Waals surface area contributed by atoms with Gasteiger partial charge in [0.2, 0.25) is 10.0 Å². The average Bonchev–Trinajstić information content (AvgIpc) is 3.30. The molecule has 2 N–H and O–H groups in total. The van der Waals surface area contributed by atoms with Gasteiger partial charge in [-0.2, -0.15) is 0 Å². The van der Waals surface area contributed by atoms with Crippen molar-refractivity contribution >= 4 is 21.4 Å². The summed E-state index contributed by atoms with van der Waals surface area (Å²) in [7, 11) is -4.14. The van der Waals surface area contributed by atoms with Crippen LogP contribution >= 0.6 is 11.3 Å². The number of nitrogens with zero attached hydrogens (tertiary/aromatic N) is 2. The highest BCUT2D eigenvalue weighted by Gasteiger charge is 2.21. The lowest BCUT2D eigenvalue weighted by Crippen LogP contribution is -2.13. The molecule has 0 bridgehead atoms. The van der Waals surface area contributed by atoms with Gasteiger partial charge in [-0.3, -0.25) is 0 Å². The van der Waals surface area contributed by atoms with Crippen LogP contribution in [0.4, 0.5) is 4.39 Å². The predicted molar refractivity (Wildman–Crippen MR) is 109 cm³/mol. The lowest BCUT2D eigenvalue weighted by molar-refractivity contribution is 0.400. The topological polar surface area (TPSA) is 99.1 Å². The molecular formula is C20H16FN3O3S2. The highest BCUT2D eigenvalue weighted by Crippen LogP contribution is 2.37. The van der Waals surface area contributed by atoms with Crippen molar-refractivity contribution in [3.05, 3.63) is 64.4 Å². The fourth-order valence-corrected chi connectivity index (χ4v) is 4.38. The number of primary sulfonamides is 1. The fraction of sp³-hybridized carbons (Fsp3) is 0.100. The van der Waals surface area contributed by atoms with Gasteiger partial charge in [0.15, 0.2) is 0 Å². The van der Waals surface area contributed by atoms with Gasteiger partial charge in [0, 0.05) is 16.5 Å². The van der Waals surface area contributed by atoms with E-state index in [-0.39, 0.29) is 0 Å². The Morgan fingerprint density at radius 1 is 1.10 bits per heavy atom. The number of hydrogen-bond acceptors (Lipinski definition) is 6. The largest absolute Gasteiger partial charge is 0.360 e. The molecule has 0 aliphatic carbocycles. The lowest BCUT2D eigenvalue weighted by atomic mass is 9.96. The van der Waals surface area contributed by atoms with Gasteiger partial charge in [0.05, 0.1) is 16.8 Å². The van der Waals surface area contributed by atoms with Crippen LogP contribution in [0.25, 0.3) is 33.6 Å². The van der Waals surface area contributed by atoms with E-state index in [0.29, 0.717) is 22.6 Å². The lowest BCUT2D eigenvalue weighted by Gasteiger charge is -2.08. The van der Waals surface area contributed by atoms with Gasteiger partial charge in [-0.05, 0) is 43.2 Å². The average molecular weight is 429 g/mol. The van der Waals surface area contributed by atoms with Gasteiger partial charge in [-0.1, -0.05) is 23.4 Å². The second-order valence-corrected chi connectivity index (χ2v) is 8.80. The summed E-state index contributed by atoms with van der Waals surface area (Å²) >= 11 is 1.53. The number of sulfonamides is 1. The molecule has 0 unspecified atom stereocenters. The molecule has 0 aliphatic heterocycles. The quantitative estimate of drug-likeness (QED) is 0.514. The van der Waals surface area contributed by atoms with Crippen molar-refractivity contribution in [1.82, 2.24) is 10.1 Å². The third-order valence-corrected chi connectivity index (χ3v) is 6.13. The number of rotatable bonds is 4. The number of nitrogens with two attached hydrogens (primary N) is 1. The summed E-state index contributed by atoms with van der Waals surface area (Å²) in [5, 5.41) is 11.2. The minimum absolute atomic E-state index is 0.449. The smallest absolute Gasteiger partial charge is 0.240 e. The molecule has 0 fully saturated rings. The first kappa shape index (κ1) is 19.4. The van der Waals surface area contributed by atoms with Crippen molar-refractivity contribution in [3.63, 3.8) is 0 Å². The molecule has 0 atom stereocenters. The first-order valence-electron chi connectivity index (χ1n) is 8.54. The van der Waals surface area contributed by atoms with Crippen molar-refractivity contribution in [2.24, 2.45) is 5.14 Å². The normalized spacial score (nSPS) is 11.7. The Morgan fingerprint density at radius 2 is 1.86 bits per heavy atom. The molecule has 0 radical (unpaired) electrons. The predicted octanol–water partition coefficient (Wildman–Crippen LogP) is 4.54. The third kappa shape index (κ3) is 3.59. The van der Waals surface area contributed by atoms with Gasteiger partial charge in [0.25, 0.3) is 0 Å². The first-order valence-corrected chi connectivity index (χ1v) is 11.0. The van der Waals surface area contributed by atoms with Crippen molar-refractivity contribution in [2.75, 3.05) is 0 Å². The van der Waals surface area contributed by atoms with E-state index in [0.717, 1.165) is 34.5 Å². The molecule has 4 aromatic rings. The van der Waals surface area contributed by atoms with Crippen molar-refractivity contribution in [2.45, 2.75) is 18.7 Å². The number of aryl methyl sites for hydroxylation is 2. The maximum atomic E-state index is 14.4. The van der Waals surface area contributed by atoms with Crippen molar-refractivity contribution in [1.29, 1.82) is 0 Å². The summed E-state index contributed by atoms with van der Waals surface area (Å²) in [6, 6.07) is 9.58. The van der Waals surface area contributed by atoms with E-state index in [1.165, 1.54) is 17.4 Å². The molecule has 29 heavy (non-hydrogen) atoms. The zero-order chi connectivity index (χ0) is 20.8. The molecule has 2 aromatic carbocycles. The molecule has 6 nitrogen and oxygen atoms in total. The maximum Gasteiger partial charge on any atom is 0.240 e. The Bertz CT molecular complexity index is 1310. The Balaban J connectivity index is 1.81. The Hall–Kier alpha value is -2.88. The van der Waals surface area contributed by atoms with Crippen LogP contribution in [0.15, 0.2) is 56.7 Å². The molecule has 0 saturated carbocycles. The summed E-state index contributed by atoms with van der Waals surface area (Å²) in [6.45, 7) is 3.69.